The Kier molecular flexibility index (Phi) is 12.8. The maximum absolute atomic E-state index is 14.7. The van der Waals surface area contributed by atoms with Gasteiger partial charge in [-0.1, -0.05) is 48.5 Å². The number of carbonyl (C=O) groups is 2. The van der Waals surface area contributed by atoms with Gasteiger partial charge in [0.1, 0.15) is 30.0 Å². The van der Waals surface area contributed by atoms with Gasteiger partial charge in [0, 0.05) is 24.5 Å². The van der Waals surface area contributed by atoms with Crippen LogP contribution in [0.25, 0.3) is 10.9 Å². The summed E-state index contributed by atoms with van der Waals surface area (Å²) in [6.07, 6.45) is 1.78. The molecule has 298 valence electrons. The minimum absolute atomic E-state index is 0.0120. The second-order valence-electron chi connectivity index (χ2n) is 14.6. The first kappa shape index (κ1) is 39.5. The number of hydrogen-bond donors (Lipinski definition) is 5. The number of nitrogens with zero attached hydrogens (tertiary/aromatic N) is 1. The number of aromatic nitrogens is 1. The molecule has 1 amide bonds. The number of phenols is 1. The Bertz CT molecular complexity index is 2230. The van der Waals surface area contributed by atoms with Crippen molar-refractivity contribution in [1.82, 2.24) is 20.5 Å². The Morgan fingerprint density at radius 3 is 2.53 bits per heavy atom. The summed E-state index contributed by atoms with van der Waals surface area (Å²) in [5.41, 5.74) is 2.66. The fraction of sp³-hybridized carbons (Fsp3) is 0.341. The molecule has 13 heteroatoms. The first-order valence-corrected chi connectivity index (χ1v) is 19.4. The van der Waals surface area contributed by atoms with E-state index in [0.29, 0.717) is 47.6 Å². The first-order valence-electron chi connectivity index (χ1n) is 19.4. The van der Waals surface area contributed by atoms with Gasteiger partial charge in [-0.25, -0.2) is 14.0 Å². The zero-order valence-electron chi connectivity index (χ0n) is 31.5. The lowest BCUT2D eigenvalue weighted by atomic mass is 9.86. The van der Waals surface area contributed by atoms with Crippen LogP contribution in [0, 0.1) is 11.7 Å². The molecular weight excluding hydrogens is 732 g/mol. The van der Waals surface area contributed by atoms with Crippen molar-refractivity contribution in [3.05, 3.63) is 141 Å². The number of fused-ring (bicyclic) bond motifs is 4. The van der Waals surface area contributed by atoms with Crippen LogP contribution in [0.5, 0.6) is 11.5 Å². The van der Waals surface area contributed by atoms with Gasteiger partial charge >= 0.3 is 12.1 Å². The molecule has 3 saturated heterocycles. The quantitative estimate of drug-likeness (QED) is 0.0583. The largest absolute Gasteiger partial charge is 0.506 e. The average molecular weight is 779 g/mol. The summed E-state index contributed by atoms with van der Waals surface area (Å²) in [7, 11) is 0. The molecule has 2 bridgehead atoms. The van der Waals surface area contributed by atoms with Crippen LogP contribution in [0.3, 0.4) is 0 Å². The van der Waals surface area contributed by atoms with Crippen molar-refractivity contribution in [3.63, 3.8) is 0 Å². The Hall–Kier alpha value is -5.76. The fourth-order valence-electron chi connectivity index (χ4n) is 7.64. The van der Waals surface area contributed by atoms with Gasteiger partial charge < -0.3 is 40.0 Å². The maximum Gasteiger partial charge on any atom is 0.408 e. The predicted octanol–water partition coefficient (Wildman–Crippen LogP) is 6.12. The number of benzene rings is 4. The number of halogens is 1. The Labute approximate surface area is 329 Å². The number of rotatable bonds is 16. The van der Waals surface area contributed by atoms with Crippen LogP contribution in [0.4, 0.5) is 9.18 Å². The molecule has 0 spiro atoms. The lowest BCUT2D eigenvalue weighted by molar-refractivity contribution is -0.0336. The number of hydrogen-bond acceptors (Lipinski definition) is 10. The topological polar surface area (TPSA) is 162 Å². The number of amides is 1. The summed E-state index contributed by atoms with van der Waals surface area (Å²) in [6, 6.07) is 26.4. The molecule has 4 heterocycles. The summed E-state index contributed by atoms with van der Waals surface area (Å²) in [6.45, 7) is 3.75. The number of unbranched alkanes of at least 4 members (excludes halogenated alkanes) is 1. The van der Waals surface area contributed by atoms with Gasteiger partial charge in [-0.2, -0.15) is 0 Å². The first-order chi connectivity index (χ1) is 27.7. The van der Waals surface area contributed by atoms with E-state index in [2.05, 4.69) is 20.5 Å². The van der Waals surface area contributed by atoms with Crippen LogP contribution < -0.4 is 20.9 Å². The van der Waals surface area contributed by atoms with Crippen LogP contribution in [0.15, 0.2) is 102 Å². The zero-order valence-corrected chi connectivity index (χ0v) is 31.5. The van der Waals surface area contributed by atoms with Gasteiger partial charge in [-0.05, 0) is 116 Å². The third-order valence-electron chi connectivity index (χ3n) is 10.6. The van der Waals surface area contributed by atoms with Crippen molar-refractivity contribution in [2.24, 2.45) is 5.92 Å². The molecule has 0 aliphatic carbocycles. The Morgan fingerprint density at radius 1 is 0.930 bits per heavy atom. The molecule has 3 aliphatic rings. The van der Waals surface area contributed by atoms with Crippen molar-refractivity contribution < 1.29 is 38.4 Å². The number of aliphatic hydroxyl groups is 1. The monoisotopic (exact) mass is 778 g/mol. The number of phenolic OH excluding ortho intramolecular Hbond substituents is 1. The SMILES string of the molecule is O=C(NC(c1ccccc1)c1cccc(OCc2cc(F)cc(C(=O)OCCCCNCC(O)c3ccc(O)c4[nH]c(=O)ccc34)c2)c1)OC1CN2CCC1CC2. The van der Waals surface area contributed by atoms with E-state index < -0.39 is 30.0 Å². The molecule has 0 radical (unpaired) electrons. The molecular formula is C44H47FN4O8. The molecule has 8 rings (SSSR count). The van der Waals surface area contributed by atoms with Crippen LogP contribution in [0.2, 0.25) is 0 Å². The summed E-state index contributed by atoms with van der Waals surface area (Å²) >= 11 is 0. The highest BCUT2D eigenvalue weighted by Crippen LogP contribution is 2.31. The fourth-order valence-corrected chi connectivity index (χ4v) is 7.64. The molecule has 12 nitrogen and oxygen atoms in total. The van der Waals surface area contributed by atoms with E-state index in [-0.39, 0.29) is 48.3 Å². The van der Waals surface area contributed by atoms with Crippen LogP contribution in [-0.4, -0.2) is 77.6 Å². The van der Waals surface area contributed by atoms with E-state index in [9.17, 15) is 29.0 Å². The molecule has 5 aromatic rings. The average Bonchev–Trinajstić information content (AvgIpc) is 3.22. The van der Waals surface area contributed by atoms with Gasteiger partial charge in [0.25, 0.3) is 0 Å². The maximum atomic E-state index is 14.7. The standard InChI is InChI=1S/C44H47FN4O8/c45-33-22-28(21-32(23-33)43(53)55-20-5-4-17-46-25-38(51)35-11-13-37(50)42-36(35)12-14-40(52)47-42)27-56-34-10-6-9-31(24-34)41(30-7-2-1-3-8-30)48-44(54)57-39-26-49-18-15-29(39)16-19-49/h1-3,6-14,21-24,29,38-39,41,46,50-51H,4-5,15-20,25-27H2,(H,47,52)(H,48,54). The highest BCUT2D eigenvalue weighted by molar-refractivity contribution is 5.89. The van der Waals surface area contributed by atoms with Gasteiger partial charge in [-0.15, -0.1) is 0 Å². The van der Waals surface area contributed by atoms with E-state index in [1.165, 1.54) is 18.2 Å². The molecule has 3 unspecified atom stereocenters. The molecule has 5 N–H and O–H groups in total. The second kappa shape index (κ2) is 18.5. The number of carbonyl (C=O) groups excluding carboxylic acids is 2. The number of alkyl carbamates (subject to hydrolysis) is 1. The van der Waals surface area contributed by atoms with E-state index in [1.54, 1.807) is 24.3 Å². The molecule has 3 atom stereocenters. The summed E-state index contributed by atoms with van der Waals surface area (Å²) in [4.78, 5) is 42.7. The number of aromatic amines is 1. The molecule has 1 aromatic heterocycles. The van der Waals surface area contributed by atoms with Crippen LogP contribution in [-0.2, 0) is 16.1 Å². The Balaban J connectivity index is 0.883. The van der Waals surface area contributed by atoms with Gasteiger partial charge in [0.05, 0.1) is 29.8 Å². The third-order valence-corrected chi connectivity index (χ3v) is 10.6. The van der Waals surface area contributed by atoms with E-state index in [4.69, 9.17) is 14.2 Å². The minimum atomic E-state index is -0.884. The minimum Gasteiger partial charge on any atom is -0.506 e. The van der Waals surface area contributed by atoms with E-state index in [1.807, 2.05) is 48.5 Å². The summed E-state index contributed by atoms with van der Waals surface area (Å²) < 4.78 is 32.1. The van der Waals surface area contributed by atoms with Crippen LogP contribution >= 0.6 is 0 Å². The third kappa shape index (κ3) is 10.2. The number of aromatic hydroxyl groups is 1. The number of ether oxygens (including phenoxy) is 3. The van der Waals surface area contributed by atoms with Gasteiger partial charge in [0.15, 0.2) is 0 Å². The normalized spacial score (nSPS) is 18.5. The smallest absolute Gasteiger partial charge is 0.408 e. The molecule has 4 aromatic carbocycles. The molecule has 3 aliphatic heterocycles. The second-order valence-corrected chi connectivity index (χ2v) is 14.6. The van der Waals surface area contributed by atoms with E-state index in [0.717, 1.165) is 49.7 Å². The highest BCUT2D eigenvalue weighted by Gasteiger charge is 2.37. The van der Waals surface area contributed by atoms with Crippen molar-refractivity contribution in [2.75, 3.05) is 39.3 Å². The number of nitrogens with one attached hydrogen (secondary N) is 3. The molecule has 0 saturated carbocycles. The van der Waals surface area contributed by atoms with Crippen molar-refractivity contribution in [2.45, 2.75) is 50.5 Å². The summed E-state index contributed by atoms with van der Waals surface area (Å²) in [5, 5.41) is 27.6. The van der Waals surface area contributed by atoms with Crippen LogP contribution in [0.1, 0.15) is 70.4 Å². The van der Waals surface area contributed by atoms with Crippen molar-refractivity contribution in [1.29, 1.82) is 0 Å². The number of esters is 1. The van der Waals surface area contributed by atoms with E-state index >= 15 is 0 Å². The van der Waals surface area contributed by atoms with Gasteiger partial charge in [-0.3, -0.25) is 9.69 Å². The molecule has 57 heavy (non-hydrogen) atoms. The van der Waals surface area contributed by atoms with Gasteiger partial charge in [0.2, 0.25) is 5.56 Å². The lowest BCUT2D eigenvalue weighted by Crippen LogP contribution is -2.52. The highest BCUT2D eigenvalue weighted by atomic mass is 19.1. The Morgan fingerprint density at radius 2 is 1.74 bits per heavy atom. The van der Waals surface area contributed by atoms with Crippen molar-refractivity contribution in [3.8, 4) is 11.5 Å². The predicted molar refractivity (Wildman–Crippen MR) is 212 cm³/mol. The number of aliphatic hydroxyl groups excluding tert-OH is 1. The summed E-state index contributed by atoms with van der Waals surface area (Å²) in [5.74, 6) is -0.436. The number of piperidine rings is 3. The lowest BCUT2D eigenvalue weighted by Gasteiger charge is -2.43. The number of H-pyrrole nitrogens is 1. The number of pyridine rings is 1. The molecule has 3 fully saturated rings. The zero-order chi connectivity index (χ0) is 39.7. The van der Waals surface area contributed by atoms with Crippen molar-refractivity contribution >= 4 is 23.0 Å².